The Balaban J connectivity index is 2.19. The number of hydrogen-bond acceptors (Lipinski definition) is 3. The van der Waals surface area contributed by atoms with E-state index in [2.05, 4.69) is 9.71 Å². The summed E-state index contributed by atoms with van der Waals surface area (Å²) in [5, 5.41) is 0.945. The van der Waals surface area contributed by atoms with E-state index in [0.717, 1.165) is 20.8 Å². The summed E-state index contributed by atoms with van der Waals surface area (Å²) in [6, 6.07) is 7.59. The average molecular weight is 309 g/mol. The van der Waals surface area contributed by atoms with Crippen molar-refractivity contribution in [1.82, 2.24) is 14.0 Å². The maximum absolute atomic E-state index is 12.0. The first kappa shape index (κ1) is 15.7. The molecule has 0 aliphatic rings. The minimum atomic E-state index is -3.46. The summed E-state index contributed by atoms with van der Waals surface area (Å²) in [5.74, 6) is 0. The molecule has 1 heterocycles. The molecule has 0 aliphatic carbocycles. The van der Waals surface area contributed by atoms with E-state index in [4.69, 9.17) is 0 Å². The minimum absolute atomic E-state index is 0.181. The van der Waals surface area contributed by atoms with Gasteiger partial charge in [0, 0.05) is 31.7 Å². The van der Waals surface area contributed by atoms with Gasteiger partial charge in [0.25, 0.3) is 15.8 Å². The van der Waals surface area contributed by atoms with Crippen molar-refractivity contribution in [2.45, 2.75) is 13.3 Å². The Labute approximate surface area is 124 Å². The second kappa shape index (κ2) is 5.97. The van der Waals surface area contributed by atoms with Crippen LogP contribution in [0.5, 0.6) is 0 Å². The average Bonchev–Trinajstić information content (AvgIpc) is 2.39. The molecule has 0 spiro atoms. The Morgan fingerprint density at radius 2 is 1.95 bits per heavy atom. The summed E-state index contributed by atoms with van der Waals surface area (Å²) in [6.07, 6.45) is 0.340. The maximum atomic E-state index is 12.0. The van der Waals surface area contributed by atoms with E-state index in [0.29, 0.717) is 12.0 Å². The first-order valence-electron chi connectivity index (χ1n) is 6.59. The molecule has 6 nitrogen and oxygen atoms in total. The Morgan fingerprint density at radius 3 is 2.62 bits per heavy atom. The molecular formula is C14H19N3O3S. The molecule has 114 valence electrons. The molecule has 2 aromatic rings. The number of H-pyrrole nitrogens is 1. The summed E-state index contributed by atoms with van der Waals surface area (Å²) >= 11 is 0. The zero-order valence-electron chi connectivity index (χ0n) is 12.3. The van der Waals surface area contributed by atoms with Crippen LogP contribution in [0.4, 0.5) is 0 Å². The van der Waals surface area contributed by atoms with Gasteiger partial charge in [-0.2, -0.15) is 12.7 Å². The second-order valence-electron chi connectivity index (χ2n) is 5.15. The molecule has 1 aromatic heterocycles. The molecule has 2 rings (SSSR count). The third-order valence-electron chi connectivity index (χ3n) is 3.24. The molecule has 7 heteroatoms. The van der Waals surface area contributed by atoms with E-state index >= 15 is 0 Å². The second-order valence-corrected chi connectivity index (χ2v) is 7.12. The Bertz CT molecular complexity index is 810. The lowest BCUT2D eigenvalue weighted by Gasteiger charge is -2.12. The van der Waals surface area contributed by atoms with Crippen LogP contribution in [0.3, 0.4) is 0 Å². The first-order chi connectivity index (χ1) is 9.79. The van der Waals surface area contributed by atoms with Crippen molar-refractivity contribution in [2.75, 3.05) is 20.6 Å². The molecule has 0 bridgehead atoms. The summed E-state index contributed by atoms with van der Waals surface area (Å²) in [4.78, 5) is 14.8. The van der Waals surface area contributed by atoms with Crippen LogP contribution in [0.15, 0.2) is 29.1 Å². The molecule has 1 aromatic carbocycles. The molecule has 0 atom stereocenters. The molecule has 0 radical (unpaired) electrons. The molecule has 0 amide bonds. The van der Waals surface area contributed by atoms with Crippen LogP contribution in [-0.4, -0.2) is 38.3 Å². The third-order valence-corrected chi connectivity index (χ3v) is 4.77. The van der Waals surface area contributed by atoms with Gasteiger partial charge in [0.05, 0.1) is 0 Å². The number of aryl methyl sites for hydroxylation is 1. The number of nitrogens with one attached hydrogen (secondary N) is 2. The summed E-state index contributed by atoms with van der Waals surface area (Å²) in [5.41, 5.74) is 2.27. The highest BCUT2D eigenvalue weighted by molar-refractivity contribution is 7.87. The lowest BCUT2D eigenvalue weighted by Crippen LogP contribution is -2.37. The van der Waals surface area contributed by atoms with Gasteiger partial charge >= 0.3 is 0 Å². The fourth-order valence-corrected chi connectivity index (χ4v) is 2.62. The first-order valence-corrected chi connectivity index (χ1v) is 8.03. The molecule has 2 N–H and O–H groups in total. The Hall–Kier alpha value is -1.70. The van der Waals surface area contributed by atoms with E-state index in [1.807, 2.05) is 31.2 Å². The molecule has 0 unspecified atom stereocenters. The van der Waals surface area contributed by atoms with Gasteiger partial charge in [0.15, 0.2) is 0 Å². The van der Waals surface area contributed by atoms with Crippen LogP contribution in [-0.2, 0) is 16.6 Å². The van der Waals surface area contributed by atoms with E-state index in [1.165, 1.54) is 14.1 Å². The zero-order chi connectivity index (χ0) is 15.6. The predicted octanol–water partition coefficient (Wildman–Crippen LogP) is 0.775. The van der Waals surface area contributed by atoms with Gasteiger partial charge in [-0.3, -0.25) is 4.79 Å². The van der Waals surface area contributed by atoms with Gasteiger partial charge in [-0.05, 0) is 36.9 Å². The number of nitrogens with zero attached hydrogens (tertiary/aromatic N) is 1. The van der Waals surface area contributed by atoms with Gasteiger partial charge in [0.2, 0.25) is 0 Å². The van der Waals surface area contributed by atoms with E-state index in [-0.39, 0.29) is 12.1 Å². The van der Waals surface area contributed by atoms with Crippen LogP contribution < -0.4 is 10.3 Å². The number of aromatic nitrogens is 1. The van der Waals surface area contributed by atoms with E-state index in [1.54, 1.807) is 0 Å². The van der Waals surface area contributed by atoms with Crippen molar-refractivity contribution in [3.05, 3.63) is 45.7 Å². The number of benzene rings is 1. The molecule has 0 saturated heterocycles. The molecular weight excluding hydrogens is 290 g/mol. The fourth-order valence-electron chi connectivity index (χ4n) is 2.00. The molecule has 0 fully saturated rings. The fraction of sp³-hybridized carbons (Fsp3) is 0.357. The maximum Gasteiger partial charge on any atom is 0.278 e. The summed E-state index contributed by atoms with van der Waals surface area (Å²) < 4.78 is 26.7. The van der Waals surface area contributed by atoms with Crippen molar-refractivity contribution in [3.63, 3.8) is 0 Å². The van der Waals surface area contributed by atoms with Crippen molar-refractivity contribution in [2.24, 2.45) is 0 Å². The summed E-state index contributed by atoms with van der Waals surface area (Å²) in [7, 11) is -0.555. The largest absolute Gasteiger partial charge is 0.322 e. The standard InChI is InChI=1S/C14H19N3O3S/c1-10-4-5-13-12(8-10)9-11(14(18)16-13)6-7-15-21(19,20)17(2)3/h4-5,8-9,15H,6-7H2,1-3H3,(H,16,18). The highest BCUT2D eigenvalue weighted by atomic mass is 32.2. The molecule has 21 heavy (non-hydrogen) atoms. The van der Waals surface area contributed by atoms with E-state index < -0.39 is 10.2 Å². The minimum Gasteiger partial charge on any atom is -0.322 e. The van der Waals surface area contributed by atoms with Gasteiger partial charge < -0.3 is 4.98 Å². The lowest BCUT2D eigenvalue weighted by atomic mass is 10.1. The smallest absolute Gasteiger partial charge is 0.278 e. The highest BCUT2D eigenvalue weighted by Gasteiger charge is 2.12. The van der Waals surface area contributed by atoms with Crippen LogP contribution in [0.25, 0.3) is 10.9 Å². The summed E-state index contributed by atoms with van der Waals surface area (Å²) in [6.45, 7) is 2.16. The number of aromatic amines is 1. The van der Waals surface area contributed by atoms with Crippen LogP contribution in [0.2, 0.25) is 0 Å². The number of fused-ring (bicyclic) bond motifs is 1. The van der Waals surface area contributed by atoms with Gasteiger partial charge in [-0.1, -0.05) is 11.6 Å². The van der Waals surface area contributed by atoms with Crippen molar-refractivity contribution >= 4 is 21.1 Å². The quantitative estimate of drug-likeness (QED) is 0.856. The van der Waals surface area contributed by atoms with Crippen LogP contribution in [0.1, 0.15) is 11.1 Å². The van der Waals surface area contributed by atoms with Gasteiger partial charge in [0.1, 0.15) is 0 Å². The monoisotopic (exact) mass is 309 g/mol. The zero-order valence-corrected chi connectivity index (χ0v) is 13.1. The third kappa shape index (κ3) is 3.69. The Morgan fingerprint density at radius 1 is 1.24 bits per heavy atom. The van der Waals surface area contributed by atoms with Crippen LogP contribution >= 0.6 is 0 Å². The predicted molar refractivity (Wildman–Crippen MR) is 83.6 cm³/mol. The van der Waals surface area contributed by atoms with Gasteiger partial charge in [-0.15, -0.1) is 0 Å². The van der Waals surface area contributed by atoms with Crippen molar-refractivity contribution < 1.29 is 8.42 Å². The highest BCUT2D eigenvalue weighted by Crippen LogP contribution is 2.13. The van der Waals surface area contributed by atoms with Gasteiger partial charge in [-0.25, -0.2) is 4.72 Å². The Kier molecular flexibility index (Phi) is 4.46. The molecule has 0 saturated carbocycles. The van der Waals surface area contributed by atoms with Crippen LogP contribution in [0, 0.1) is 6.92 Å². The van der Waals surface area contributed by atoms with E-state index in [9.17, 15) is 13.2 Å². The number of pyridine rings is 1. The SMILES string of the molecule is Cc1ccc2[nH]c(=O)c(CCNS(=O)(=O)N(C)C)cc2c1. The van der Waals surface area contributed by atoms with Crippen molar-refractivity contribution in [3.8, 4) is 0 Å². The normalized spacial score (nSPS) is 12.2. The number of hydrogen-bond donors (Lipinski definition) is 2. The molecule has 0 aliphatic heterocycles. The van der Waals surface area contributed by atoms with Crippen molar-refractivity contribution in [1.29, 1.82) is 0 Å². The number of rotatable bonds is 5. The topological polar surface area (TPSA) is 82.3 Å². The lowest BCUT2D eigenvalue weighted by molar-refractivity contribution is 0.506.